The number of ether oxygens (including phenoxy) is 1. The van der Waals surface area contributed by atoms with Gasteiger partial charge in [0, 0.05) is 15.6 Å². The predicted molar refractivity (Wildman–Crippen MR) is 95.4 cm³/mol. The van der Waals surface area contributed by atoms with E-state index in [1.807, 2.05) is 24.3 Å². The average Bonchev–Trinajstić information content (AvgIpc) is 2.63. The second-order valence-electron chi connectivity index (χ2n) is 5.09. The van der Waals surface area contributed by atoms with Crippen LogP contribution in [-0.4, -0.2) is 11.8 Å². The highest BCUT2D eigenvalue weighted by Crippen LogP contribution is 2.20. The van der Waals surface area contributed by atoms with Gasteiger partial charge in [0.1, 0.15) is 5.75 Å². The molecule has 118 valence electrons. The summed E-state index contributed by atoms with van der Waals surface area (Å²) in [6.07, 6.45) is 0. The van der Waals surface area contributed by atoms with Crippen LogP contribution in [0.15, 0.2) is 83.3 Å². The summed E-state index contributed by atoms with van der Waals surface area (Å²) in [6.45, 7) is 0. The first-order valence-electron chi connectivity index (χ1n) is 7.31. The zero-order valence-electron chi connectivity index (χ0n) is 12.6. The molecule has 0 fully saturated rings. The maximum atomic E-state index is 12.3. The van der Waals surface area contributed by atoms with Gasteiger partial charge < -0.3 is 4.74 Å². The largest absolute Gasteiger partial charge is 0.423 e. The van der Waals surface area contributed by atoms with Gasteiger partial charge in [-0.2, -0.15) is 0 Å². The summed E-state index contributed by atoms with van der Waals surface area (Å²) >= 11 is 3.32. The van der Waals surface area contributed by atoms with E-state index in [-0.39, 0.29) is 5.78 Å². The van der Waals surface area contributed by atoms with Crippen LogP contribution in [0.3, 0.4) is 0 Å². The average molecular weight is 381 g/mol. The van der Waals surface area contributed by atoms with Crippen molar-refractivity contribution in [3.8, 4) is 5.75 Å². The van der Waals surface area contributed by atoms with Crippen molar-refractivity contribution in [2.24, 2.45) is 0 Å². The van der Waals surface area contributed by atoms with E-state index in [9.17, 15) is 9.59 Å². The van der Waals surface area contributed by atoms with Crippen molar-refractivity contribution >= 4 is 27.7 Å². The Balaban J connectivity index is 1.74. The Labute approximate surface area is 148 Å². The lowest BCUT2D eigenvalue weighted by Gasteiger charge is -2.07. The van der Waals surface area contributed by atoms with Crippen molar-refractivity contribution < 1.29 is 14.3 Å². The Bertz CT molecular complexity index is 871. The summed E-state index contributed by atoms with van der Waals surface area (Å²) < 4.78 is 6.01. The summed E-state index contributed by atoms with van der Waals surface area (Å²) in [6, 6.07) is 22.6. The van der Waals surface area contributed by atoms with Crippen LogP contribution >= 0.6 is 15.9 Å². The molecule has 0 radical (unpaired) electrons. The van der Waals surface area contributed by atoms with E-state index >= 15 is 0 Å². The smallest absolute Gasteiger partial charge is 0.344 e. The molecule has 0 heterocycles. The molecule has 0 aliphatic rings. The van der Waals surface area contributed by atoms with Crippen molar-refractivity contribution in [1.29, 1.82) is 0 Å². The molecule has 3 rings (SSSR count). The number of benzene rings is 3. The van der Waals surface area contributed by atoms with Crippen LogP contribution in [0.2, 0.25) is 0 Å². The minimum Gasteiger partial charge on any atom is -0.423 e. The summed E-state index contributed by atoms with van der Waals surface area (Å²) in [5, 5.41) is 0. The standard InChI is InChI=1S/C20H13BrO3/c21-18-9-5-4-8-17(18)20(23)24-16-12-10-15(11-13-16)19(22)14-6-2-1-3-7-14/h1-13H. The summed E-state index contributed by atoms with van der Waals surface area (Å²) in [5.41, 5.74) is 1.61. The Kier molecular flexibility index (Phi) is 4.87. The molecule has 0 saturated carbocycles. The molecule has 0 amide bonds. The van der Waals surface area contributed by atoms with E-state index in [0.29, 0.717) is 26.9 Å². The zero-order chi connectivity index (χ0) is 16.9. The fourth-order valence-electron chi connectivity index (χ4n) is 2.22. The van der Waals surface area contributed by atoms with Crippen molar-refractivity contribution in [3.05, 3.63) is 100 Å². The second-order valence-corrected chi connectivity index (χ2v) is 5.94. The molecule has 3 aromatic rings. The van der Waals surface area contributed by atoms with Gasteiger partial charge in [0.25, 0.3) is 0 Å². The van der Waals surface area contributed by atoms with Crippen molar-refractivity contribution in [2.75, 3.05) is 0 Å². The monoisotopic (exact) mass is 380 g/mol. The van der Waals surface area contributed by atoms with E-state index in [1.54, 1.807) is 54.6 Å². The number of hydrogen-bond acceptors (Lipinski definition) is 3. The number of esters is 1. The number of carbonyl (C=O) groups excluding carboxylic acids is 2. The van der Waals surface area contributed by atoms with Gasteiger partial charge in [0.2, 0.25) is 0 Å². The van der Waals surface area contributed by atoms with Gasteiger partial charge in [0.15, 0.2) is 5.78 Å². The van der Waals surface area contributed by atoms with Crippen LogP contribution < -0.4 is 4.74 Å². The maximum Gasteiger partial charge on any atom is 0.344 e. The highest BCUT2D eigenvalue weighted by Gasteiger charge is 2.13. The van der Waals surface area contributed by atoms with Crippen LogP contribution in [-0.2, 0) is 0 Å². The van der Waals surface area contributed by atoms with Crippen molar-refractivity contribution in [2.45, 2.75) is 0 Å². The predicted octanol–water partition coefficient (Wildman–Crippen LogP) is 4.90. The van der Waals surface area contributed by atoms with Gasteiger partial charge in [-0.3, -0.25) is 4.79 Å². The third kappa shape index (κ3) is 3.60. The quantitative estimate of drug-likeness (QED) is 0.367. The van der Waals surface area contributed by atoms with Gasteiger partial charge in [-0.25, -0.2) is 4.79 Å². The van der Waals surface area contributed by atoms with Crippen LogP contribution in [0, 0.1) is 0 Å². The van der Waals surface area contributed by atoms with Gasteiger partial charge in [-0.05, 0) is 52.3 Å². The Hall–Kier alpha value is -2.72. The maximum absolute atomic E-state index is 12.3. The SMILES string of the molecule is O=C(c1ccccc1)c1ccc(OC(=O)c2ccccc2Br)cc1. The summed E-state index contributed by atoms with van der Waals surface area (Å²) in [4.78, 5) is 24.5. The van der Waals surface area contributed by atoms with Crippen LogP contribution in [0.25, 0.3) is 0 Å². The lowest BCUT2D eigenvalue weighted by atomic mass is 10.0. The molecule has 3 nitrogen and oxygen atoms in total. The number of ketones is 1. The third-order valence-electron chi connectivity index (χ3n) is 3.46. The minimum atomic E-state index is -0.454. The summed E-state index contributed by atoms with van der Waals surface area (Å²) in [7, 11) is 0. The second kappa shape index (κ2) is 7.23. The molecule has 0 aromatic heterocycles. The highest BCUT2D eigenvalue weighted by atomic mass is 79.9. The first kappa shape index (κ1) is 16.1. The van der Waals surface area contributed by atoms with Gasteiger partial charge in [0.05, 0.1) is 5.56 Å². The van der Waals surface area contributed by atoms with Crippen LogP contribution in [0.1, 0.15) is 26.3 Å². The van der Waals surface area contributed by atoms with Crippen molar-refractivity contribution in [3.63, 3.8) is 0 Å². The van der Waals surface area contributed by atoms with Gasteiger partial charge in [-0.15, -0.1) is 0 Å². The lowest BCUT2D eigenvalue weighted by molar-refractivity contribution is 0.0734. The van der Waals surface area contributed by atoms with E-state index in [4.69, 9.17) is 4.74 Å². The first-order chi connectivity index (χ1) is 11.6. The molecule has 0 aliphatic heterocycles. The molecule has 0 atom stereocenters. The number of rotatable bonds is 4. The zero-order valence-corrected chi connectivity index (χ0v) is 14.2. The van der Waals surface area contributed by atoms with Crippen molar-refractivity contribution in [1.82, 2.24) is 0 Å². The lowest BCUT2D eigenvalue weighted by Crippen LogP contribution is -2.09. The summed E-state index contributed by atoms with van der Waals surface area (Å²) in [5.74, 6) is -0.135. The molecule has 0 unspecified atom stereocenters. The molecule has 0 N–H and O–H groups in total. The molecule has 3 aromatic carbocycles. The Morgan fingerprint density at radius 1 is 0.708 bits per heavy atom. The molecule has 0 saturated heterocycles. The number of hydrogen-bond donors (Lipinski definition) is 0. The third-order valence-corrected chi connectivity index (χ3v) is 4.15. The molecule has 0 aliphatic carbocycles. The first-order valence-corrected chi connectivity index (χ1v) is 8.11. The fourth-order valence-corrected chi connectivity index (χ4v) is 2.67. The molecular formula is C20H13BrO3. The Morgan fingerprint density at radius 2 is 1.29 bits per heavy atom. The normalized spacial score (nSPS) is 10.2. The van der Waals surface area contributed by atoms with E-state index in [0.717, 1.165) is 0 Å². The highest BCUT2D eigenvalue weighted by molar-refractivity contribution is 9.10. The van der Waals surface area contributed by atoms with Gasteiger partial charge >= 0.3 is 5.97 Å². The van der Waals surface area contributed by atoms with Crippen LogP contribution in [0.4, 0.5) is 0 Å². The minimum absolute atomic E-state index is 0.0701. The molecular weight excluding hydrogens is 368 g/mol. The van der Waals surface area contributed by atoms with Crippen LogP contribution in [0.5, 0.6) is 5.75 Å². The molecule has 4 heteroatoms. The fraction of sp³-hybridized carbons (Fsp3) is 0. The van der Waals surface area contributed by atoms with E-state index in [2.05, 4.69) is 15.9 Å². The van der Waals surface area contributed by atoms with E-state index in [1.165, 1.54) is 0 Å². The Morgan fingerprint density at radius 3 is 1.96 bits per heavy atom. The topological polar surface area (TPSA) is 43.4 Å². The molecule has 0 spiro atoms. The molecule has 24 heavy (non-hydrogen) atoms. The van der Waals surface area contributed by atoms with E-state index < -0.39 is 5.97 Å². The number of halogens is 1. The van der Waals surface area contributed by atoms with Gasteiger partial charge in [-0.1, -0.05) is 42.5 Å². The molecule has 0 bridgehead atoms. The number of carbonyl (C=O) groups is 2.